The number of nitrogens with one attached hydrogen (secondary N) is 1. The van der Waals surface area contributed by atoms with Gasteiger partial charge in [-0.25, -0.2) is 9.78 Å². The lowest BCUT2D eigenvalue weighted by molar-refractivity contribution is 0.0210. The monoisotopic (exact) mass is 371 g/mol. The highest BCUT2D eigenvalue weighted by Crippen LogP contribution is 2.18. The number of aliphatic hydroxyl groups is 1. The van der Waals surface area contributed by atoms with Gasteiger partial charge < -0.3 is 14.4 Å². The smallest absolute Gasteiger partial charge is 0.329 e. The first-order valence-corrected chi connectivity index (χ1v) is 8.05. The molecule has 0 aliphatic rings. The van der Waals surface area contributed by atoms with E-state index in [1.54, 1.807) is 0 Å². The van der Waals surface area contributed by atoms with Gasteiger partial charge in [0.15, 0.2) is 17.1 Å². The lowest BCUT2D eigenvalue weighted by atomic mass is 10.2. The molecule has 140 valence electrons. The molecule has 0 spiro atoms. The first kappa shape index (κ1) is 18.4. The topological polar surface area (TPSA) is 151 Å². The fourth-order valence-electron chi connectivity index (χ4n) is 2.66. The second kappa shape index (κ2) is 7.87. The maximum Gasteiger partial charge on any atom is 0.329 e. The number of H-pyrrole nitrogens is 1. The summed E-state index contributed by atoms with van der Waals surface area (Å²) in [5.41, 5.74) is 8.45. The first-order valence-electron chi connectivity index (χ1n) is 8.05. The molecule has 0 unspecified atom stereocenters. The second-order valence-corrected chi connectivity index (χ2v) is 5.86. The summed E-state index contributed by atoms with van der Waals surface area (Å²) in [6.07, 6.45) is -0.990. The lowest BCUT2D eigenvalue weighted by Gasteiger charge is -2.13. The highest BCUT2D eigenvalue weighted by atomic mass is 16.5. The molecule has 27 heavy (non-hydrogen) atoms. The van der Waals surface area contributed by atoms with Gasteiger partial charge in [0.2, 0.25) is 0 Å². The number of azide groups is 1. The van der Waals surface area contributed by atoms with Gasteiger partial charge in [-0.05, 0) is 16.2 Å². The summed E-state index contributed by atoms with van der Waals surface area (Å²) in [5.74, 6) is -0.124. The van der Waals surface area contributed by atoms with E-state index in [0.29, 0.717) is 6.61 Å². The Morgan fingerprint density at radius 1 is 1.37 bits per heavy atom. The van der Waals surface area contributed by atoms with Crippen LogP contribution in [0.1, 0.15) is 5.56 Å². The van der Waals surface area contributed by atoms with Gasteiger partial charge in [-0.15, -0.1) is 0 Å². The molecule has 11 nitrogen and oxygen atoms in total. The van der Waals surface area contributed by atoms with Gasteiger partial charge in [-0.3, -0.25) is 14.3 Å². The molecule has 2 aromatic heterocycles. The van der Waals surface area contributed by atoms with Crippen molar-refractivity contribution in [2.75, 3.05) is 6.61 Å². The molecule has 0 bridgehead atoms. The van der Waals surface area contributed by atoms with Crippen molar-refractivity contribution in [1.29, 1.82) is 0 Å². The summed E-state index contributed by atoms with van der Waals surface area (Å²) in [4.78, 5) is 32.8. The van der Waals surface area contributed by atoms with E-state index in [1.165, 1.54) is 11.6 Å². The summed E-state index contributed by atoms with van der Waals surface area (Å²) in [6, 6.07) is 9.46. The van der Waals surface area contributed by atoms with E-state index in [9.17, 15) is 14.7 Å². The van der Waals surface area contributed by atoms with Crippen molar-refractivity contribution in [3.05, 3.63) is 67.2 Å². The number of benzene rings is 1. The fourth-order valence-corrected chi connectivity index (χ4v) is 2.66. The maximum absolute atomic E-state index is 12.2. The van der Waals surface area contributed by atoms with Crippen LogP contribution in [-0.4, -0.2) is 36.9 Å². The van der Waals surface area contributed by atoms with Crippen LogP contribution in [0.5, 0.6) is 0 Å². The molecule has 2 heterocycles. The fraction of sp³-hybridized carbons (Fsp3) is 0.312. The van der Waals surface area contributed by atoms with Crippen molar-refractivity contribution in [3.63, 3.8) is 0 Å². The van der Waals surface area contributed by atoms with E-state index >= 15 is 0 Å². The van der Waals surface area contributed by atoms with Crippen molar-refractivity contribution in [2.24, 2.45) is 12.2 Å². The third-order valence-electron chi connectivity index (χ3n) is 3.94. The molecule has 11 heteroatoms. The number of fused-ring (bicyclic) bond motifs is 1. The summed E-state index contributed by atoms with van der Waals surface area (Å²) in [6.45, 7) is 0.218. The highest BCUT2D eigenvalue weighted by molar-refractivity contribution is 5.73. The zero-order valence-electron chi connectivity index (χ0n) is 14.4. The summed E-state index contributed by atoms with van der Waals surface area (Å²) >= 11 is 0. The summed E-state index contributed by atoms with van der Waals surface area (Å²) < 4.78 is 7.88. The Kier molecular flexibility index (Phi) is 5.36. The number of aromatic amines is 1. The zero-order valence-corrected chi connectivity index (χ0v) is 14.4. The van der Waals surface area contributed by atoms with Crippen LogP contribution in [0.25, 0.3) is 21.6 Å². The highest BCUT2D eigenvalue weighted by Gasteiger charge is 2.19. The first-order chi connectivity index (χ1) is 13.0. The van der Waals surface area contributed by atoms with Gasteiger partial charge in [0, 0.05) is 12.0 Å². The Bertz CT molecular complexity index is 1110. The molecular weight excluding hydrogens is 354 g/mol. The van der Waals surface area contributed by atoms with Crippen molar-refractivity contribution in [1.82, 2.24) is 19.1 Å². The van der Waals surface area contributed by atoms with Crippen LogP contribution in [0, 0.1) is 0 Å². The average molecular weight is 371 g/mol. The van der Waals surface area contributed by atoms with E-state index in [4.69, 9.17) is 10.3 Å². The number of aromatic nitrogens is 4. The van der Waals surface area contributed by atoms with Gasteiger partial charge in [0.1, 0.15) is 0 Å². The quantitative estimate of drug-likeness (QED) is 0.360. The molecule has 0 aliphatic carbocycles. The molecule has 1 atom stereocenters. The zero-order chi connectivity index (χ0) is 19.4. The second-order valence-electron chi connectivity index (χ2n) is 5.86. The minimum Gasteiger partial charge on any atom is -0.389 e. The minimum absolute atomic E-state index is 0.00601. The predicted octanol–water partition coefficient (Wildman–Crippen LogP) is 0.943. The van der Waals surface area contributed by atoms with Crippen LogP contribution in [-0.2, 0) is 24.9 Å². The third kappa shape index (κ3) is 3.90. The van der Waals surface area contributed by atoms with Crippen LogP contribution < -0.4 is 11.2 Å². The van der Waals surface area contributed by atoms with Crippen LogP contribution in [0.15, 0.2) is 45.0 Å². The molecule has 3 rings (SSSR count). The van der Waals surface area contributed by atoms with E-state index < -0.39 is 17.4 Å². The molecule has 0 fully saturated rings. The van der Waals surface area contributed by atoms with Crippen LogP contribution in [0.4, 0.5) is 5.95 Å². The van der Waals surface area contributed by atoms with Crippen LogP contribution in [0.3, 0.4) is 0 Å². The standard InChI is InChI=1S/C16H17N7O4/c1-22-13-12(14(25)19-16(22)26)23(15(18-13)20-21-17)7-11(24)9-27-8-10-5-3-2-4-6-10/h2-6,11,24H,7-9H2,1H3,(H,19,25,26)/t11-/m1/s1. The number of aliphatic hydroxyl groups excluding tert-OH is 1. The lowest BCUT2D eigenvalue weighted by Crippen LogP contribution is -2.30. The Labute approximate surface area is 152 Å². The third-order valence-corrected chi connectivity index (χ3v) is 3.94. The van der Waals surface area contributed by atoms with Crippen molar-refractivity contribution < 1.29 is 9.84 Å². The van der Waals surface area contributed by atoms with E-state index in [0.717, 1.165) is 10.1 Å². The molecule has 0 radical (unpaired) electrons. The number of aryl methyl sites for hydroxylation is 1. The predicted molar refractivity (Wildman–Crippen MR) is 96.5 cm³/mol. The Morgan fingerprint density at radius 3 is 2.81 bits per heavy atom. The molecule has 0 amide bonds. The number of hydrogen-bond donors (Lipinski definition) is 2. The molecular formula is C16H17N7O4. The van der Waals surface area contributed by atoms with Gasteiger partial charge in [-0.1, -0.05) is 30.3 Å². The number of rotatable bonds is 7. The minimum atomic E-state index is -0.990. The number of ether oxygens (including phenoxy) is 1. The van der Waals surface area contributed by atoms with Gasteiger partial charge in [-0.2, -0.15) is 0 Å². The van der Waals surface area contributed by atoms with E-state index in [-0.39, 0.29) is 30.3 Å². The molecule has 0 aliphatic heterocycles. The van der Waals surface area contributed by atoms with Crippen molar-refractivity contribution in [3.8, 4) is 0 Å². The molecule has 1 aromatic carbocycles. The van der Waals surface area contributed by atoms with Gasteiger partial charge in [0.25, 0.3) is 5.56 Å². The van der Waals surface area contributed by atoms with Crippen molar-refractivity contribution in [2.45, 2.75) is 19.3 Å². The molecule has 0 saturated heterocycles. The van der Waals surface area contributed by atoms with Gasteiger partial charge >= 0.3 is 5.69 Å². The molecule has 3 aromatic rings. The van der Waals surface area contributed by atoms with Crippen LogP contribution in [0.2, 0.25) is 0 Å². The largest absolute Gasteiger partial charge is 0.389 e. The Hall–Kier alpha value is -3.40. The number of hydrogen-bond acceptors (Lipinski definition) is 6. The Morgan fingerprint density at radius 2 is 2.11 bits per heavy atom. The van der Waals surface area contributed by atoms with Crippen LogP contribution >= 0.6 is 0 Å². The van der Waals surface area contributed by atoms with Gasteiger partial charge in [0.05, 0.1) is 25.9 Å². The SMILES string of the molecule is Cn1c(=O)[nH]c(=O)c2c1nc(N=[N+]=[N-])n2C[C@@H](O)COCc1ccccc1. The Balaban J connectivity index is 1.83. The summed E-state index contributed by atoms with van der Waals surface area (Å²) in [5, 5.41) is 13.7. The molecule has 0 saturated carbocycles. The number of nitrogens with zero attached hydrogens (tertiary/aromatic N) is 6. The van der Waals surface area contributed by atoms with E-state index in [2.05, 4.69) is 20.0 Å². The normalized spacial score (nSPS) is 12.1. The molecule has 2 N–H and O–H groups in total. The maximum atomic E-state index is 12.2. The van der Waals surface area contributed by atoms with E-state index in [1.807, 2.05) is 30.3 Å². The van der Waals surface area contributed by atoms with Crippen molar-refractivity contribution >= 4 is 17.1 Å². The number of imidazole rings is 1. The average Bonchev–Trinajstić information content (AvgIpc) is 3.00. The summed E-state index contributed by atoms with van der Waals surface area (Å²) in [7, 11) is 1.43.